The number of hydrogen-bond acceptors (Lipinski definition) is 5. The van der Waals surface area contributed by atoms with E-state index in [4.69, 9.17) is 4.74 Å². The highest BCUT2D eigenvalue weighted by Crippen LogP contribution is 2.20. The fourth-order valence-electron chi connectivity index (χ4n) is 13.1. The standard InChI is InChI=1S/C82H159NO5/c1-3-5-7-9-11-13-15-17-18-19-20-21-39-42-45-48-51-54-58-62-66-70-74-80(85)79(78-84)83-81(86)75-71-67-63-59-55-52-49-46-43-40-37-35-33-31-29-27-25-23-22-24-26-28-30-32-34-36-38-41-44-47-50-53-57-61-65-69-73-77-88-82(87)76-72-68-64-60-56-16-14-12-10-8-6-4-2/h22,24,28,30,79-80,84-85H,3-21,23,25-27,29,31-78H2,1-2H3,(H,83,86)/b24-22-,30-28-. The first-order chi connectivity index (χ1) is 43.5. The molecule has 88 heavy (non-hydrogen) atoms. The van der Waals surface area contributed by atoms with Crippen LogP contribution in [0.2, 0.25) is 0 Å². The molecule has 0 radical (unpaired) electrons. The maximum Gasteiger partial charge on any atom is 0.305 e. The zero-order valence-electron chi connectivity index (χ0n) is 60.0. The Labute approximate surface area is 551 Å². The molecule has 0 spiro atoms. The summed E-state index contributed by atoms with van der Waals surface area (Å²) in [6.45, 7) is 5.01. The molecule has 6 nitrogen and oxygen atoms in total. The van der Waals surface area contributed by atoms with Gasteiger partial charge in [-0.2, -0.15) is 0 Å². The normalized spacial score (nSPS) is 12.5. The summed E-state index contributed by atoms with van der Waals surface area (Å²) < 4.78 is 5.49. The van der Waals surface area contributed by atoms with Gasteiger partial charge >= 0.3 is 5.97 Å². The molecule has 0 aromatic heterocycles. The van der Waals surface area contributed by atoms with E-state index >= 15 is 0 Å². The number of unbranched alkanes of at least 4 members (excludes halogenated alkanes) is 62. The summed E-state index contributed by atoms with van der Waals surface area (Å²) in [5, 5.41) is 23.5. The number of aliphatic hydroxyl groups excluding tert-OH is 2. The number of esters is 1. The molecule has 0 rings (SSSR count). The molecule has 0 fully saturated rings. The lowest BCUT2D eigenvalue weighted by molar-refractivity contribution is -0.143. The predicted molar refractivity (Wildman–Crippen MR) is 389 cm³/mol. The smallest absolute Gasteiger partial charge is 0.305 e. The van der Waals surface area contributed by atoms with Gasteiger partial charge in [0.2, 0.25) is 5.91 Å². The summed E-state index contributed by atoms with van der Waals surface area (Å²) in [7, 11) is 0. The number of amides is 1. The van der Waals surface area contributed by atoms with Gasteiger partial charge in [-0.3, -0.25) is 9.59 Å². The van der Waals surface area contributed by atoms with E-state index in [1.165, 1.54) is 385 Å². The largest absolute Gasteiger partial charge is 0.466 e. The predicted octanol–water partition coefficient (Wildman–Crippen LogP) is 26.8. The maximum absolute atomic E-state index is 12.6. The van der Waals surface area contributed by atoms with Crippen molar-refractivity contribution in [3.05, 3.63) is 24.3 Å². The van der Waals surface area contributed by atoms with Gasteiger partial charge in [-0.05, 0) is 57.8 Å². The van der Waals surface area contributed by atoms with Crippen LogP contribution in [0.15, 0.2) is 24.3 Å². The third-order valence-corrected chi connectivity index (χ3v) is 19.3. The van der Waals surface area contributed by atoms with Gasteiger partial charge in [-0.1, -0.05) is 417 Å². The zero-order chi connectivity index (χ0) is 63.5. The van der Waals surface area contributed by atoms with Crippen LogP contribution in [-0.2, 0) is 14.3 Å². The third kappa shape index (κ3) is 73.4. The van der Waals surface area contributed by atoms with Crippen molar-refractivity contribution in [2.45, 2.75) is 475 Å². The topological polar surface area (TPSA) is 95.9 Å². The second-order valence-corrected chi connectivity index (χ2v) is 28.1. The molecular formula is C82H159NO5. The van der Waals surface area contributed by atoms with Crippen molar-refractivity contribution < 1.29 is 24.5 Å². The van der Waals surface area contributed by atoms with E-state index in [0.29, 0.717) is 25.9 Å². The Balaban J connectivity index is 3.36. The Morgan fingerprint density at radius 3 is 0.864 bits per heavy atom. The van der Waals surface area contributed by atoms with Crippen LogP contribution < -0.4 is 5.32 Å². The molecule has 1 amide bonds. The van der Waals surface area contributed by atoms with Gasteiger partial charge in [-0.25, -0.2) is 0 Å². The highest BCUT2D eigenvalue weighted by atomic mass is 16.5. The molecule has 2 atom stereocenters. The molecule has 0 heterocycles. The quantitative estimate of drug-likeness (QED) is 0.0320. The third-order valence-electron chi connectivity index (χ3n) is 19.3. The average Bonchev–Trinajstić information content (AvgIpc) is 3.54. The van der Waals surface area contributed by atoms with E-state index in [2.05, 4.69) is 43.5 Å². The fraction of sp³-hybridized carbons (Fsp3) is 0.927. The summed E-state index contributed by atoms with van der Waals surface area (Å²) >= 11 is 0. The maximum atomic E-state index is 12.6. The Hall–Kier alpha value is -1.66. The van der Waals surface area contributed by atoms with Crippen LogP contribution in [0.3, 0.4) is 0 Å². The molecule has 6 heteroatoms. The summed E-state index contributed by atoms with van der Waals surface area (Å²) in [4.78, 5) is 24.6. The first-order valence-corrected chi connectivity index (χ1v) is 40.6. The van der Waals surface area contributed by atoms with Gasteiger partial charge in [-0.15, -0.1) is 0 Å². The molecule has 0 saturated heterocycles. The van der Waals surface area contributed by atoms with Gasteiger partial charge in [0.05, 0.1) is 25.4 Å². The van der Waals surface area contributed by atoms with Crippen molar-refractivity contribution in [2.75, 3.05) is 13.2 Å². The van der Waals surface area contributed by atoms with Crippen LogP contribution in [0.5, 0.6) is 0 Å². The number of carbonyl (C=O) groups excluding carboxylic acids is 2. The van der Waals surface area contributed by atoms with Crippen molar-refractivity contribution >= 4 is 11.9 Å². The highest BCUT2D eigenvalue weighted by molar-refractivity contribution is 5.76. The zero-order valence-corrected chi connectivity index (χ0v) is 60.0. The molecular weight excluding hydrogens is 1080 g/mol. The van der Waals surface area contributed by atoms with Gasteiger partial charge < -0.3 is 20.3 Å². The van der Waals surface area contributed by atoms with Crippen molar-refractivity contribution in [2.24, 2.45) is 0 Å². The van der Waals surface area contributed by atoms with Gasteiger partial charge in [0, 0.05) is 12.8 Å². The van der Waals surface area contributed by atoms with Gasteiger partial charge in [0.1, 0.15) is 0 Å². The minimum atomic E-state index is -0.663. The van der Waals surface area contributed by atoms with Crippen LogP contribution in [0.4, 0.5) is 0 Å². The van der Waals surface area contributed by atoms with Crippen LogP contribution in [0.25, 0.3) is 0 Å². The molecule has 0 aliphatic carbocycles. The lowest BCUT2D eigenvalue weighted by Crippen LogP contribution is -2.45. The summed E-state index contributed by atoms with van der Waals surface area (Å²) in [6, 6.07) is -0.540. The molecule has 0 bridgehead atoms. The molecule has 522 valence electrons. The Morgan fingerprint density at radius 1 is 0.318 bits per heavy atom. The Morgan fingerprint density at radius 2 is 0.568 bits per heavy atom. The van der Waals surface area contributed by atoms with Gasteiger partial charge in [0.15, 0.2) is 0 Å². The molecule has 0 saturated carbocycles. The number of aliphatic hydroxyl groups is 2. The summed E-state index contributed by atoms with van der Waals surface area (Å²) in [5.74, 6) is -0.00622. The monoisotopic (exact) mass is 1240 g/mol. The molecule has 0 aromatic rings. The van der Waals surface area contributed by atoms with E-state index in [9.17, 15) is 19.8 Å². The van der Waals surface area contributed by atoms with E-state index in [1.807, 2.05) is 0 Å². The molecule has 0 aromatic carbocycles. The van der Waals surface area contributed by atoms with Crippen LogP contribution in [0.1, 0.15) is 463 Å². The van der Waals surface area contributed by atoms with E-state index in [1.54, 1.807) is 0 Å². The number of nitrogens with one attached hydrogen (secondary N) is 1. The summed E-state index contributed by atoms with van der Waals surface area (Å²) in [5.41, 5.74) is 0. The Kier molecular flexibility index (Phi) is 76.3. The molecule has 3 N–H and O–H groups in total. The lowest BCUT2D eigenvalue weighted by Gasteiger charge is -2.22. The SMILES string of the molecule is CCCCCCCCCCCCCCCCCCCCCCCCC(O)C(CO)NC(=O)CCCCCCCCCCCCCCCCCCC/C=C\C/C=C\CCCCCCCCCCCCCCCOC(=O)CCCCCCCCCCCCCC. The van der Waals surface area contributed by atoms with Crippen molar-refractivity contribution in [1.82, 2.24) is 5.32 Å². The number of rotatable bonds is 77. The van der Waals surface area contributed by atoms with Crippen molar-refractivity contribution in [3.63, 3.8) is 0 Å². The second-order valence-electron chi connectivity index (χ2n) is 28.1. The van der Waals surface area contributed by atoms with E-state index in [0.717, 1.165) is 44.9 Å². The highest BCUT2D eigenvalue weighted by Gasteiger charge is 2.20. The summed E-state index contributed by atoms with van der Waals surface area (Å²) in [6.07, 6.45) is 100.0. The molecule has 0 aliphatic rings. The first kappa shape index (κ1) is 86.3. The second kappa shape index (κ2) is 77.8. The van der Waals surface area contributed by atoms with Gasteiger partial charge in [0.25, 0.3) is 0 Å². The van der Waals surface area contributed by atoms with E-state index < -0.39 is 12.1 Å². The Bertz CT molecular complexity index is 1380. The number of hydrogen-bond donors (Lipinski definition) is 3. The first-order valence-electron chi connectivity index (χ1n) is 40.6. The fourth-order valence-corrected chi connectivity index (χ4v) is 13.1. The van der Waals surface area contributed by atoms with E-state index in [-0.39, 0.29) is 18.5 Å². The average molecular weight is 1240 g/mol. The van der Waals surface area contributed by atoms with Crippen molar-refractivity contribution in [3.8, 4) is 0 Å². The minimum absolute atomic E-state index is 0.0204. The van der Waals surface area contributed by atoms with Crippen molar-refractivity contribution in [1.29, 1.82) is 0 Å². The lowest BCUT2D eigenvalue weighted by atomic mass is 10.0. The number of carbonyl (C=O) groups is 2. The van der Waals surface area contributed by atoms with Crippen LogP contribution >= 0.6 is 0 Å². The number of ether oxygens (including phenoxy) is 1. The molecule has 2 unspecified atom stereocenters. The number of allylic oxidation sites excluding steroid dienone is 4. The minimum Gasteiger partial charge on any atom is -0.466 e. The van der Waals surface area contributed by atoms with Crippen LogP contribution in [-0.4, -0.2) is 47.4 Å². The van der Waals surface area contributed by atoms with Crippen LogP contribution in [0, 0.1) is 0 Å². The molecule has 0 aliphatic heterocycles.